The second-order valence-electron chi connectivity index (χ2n) is 6.53. The molecule has 1 amide bonds. The van der Waals surface area contributed by atoms with Crippen molar-refractivity contribution in [2.24, 2.45) is 11.3 Å². The van der Waals surface area contributed by atoms with Gasteiger partial charge in [-0.25, -0.2) is 4.79 Å². The highest BCUT2D eigenvalue weighted by molar-refractivity contribution is 5.79. The van der Waals surface area contributed by atoms with E-state index in [9.17, 15) is 9.59 Å². The predicted molar refractivity (Wildman–Crippen MR) is 71.0 cm³/mol. The number of hydrogen-bond acceptors (Lipinski definition) is 4. The molecule has 5 nitrogen and oxygen atoms in total. The van der Waals surface area contributed by atoms with Gasteiger partial charge in [0.1, 0.15) is 0 Å². The van der Waals surface area contributed by atoms with Crippen LogP contribution in [-0.2, 0) is 14.4 Å². The Bertz CT molecular complexity index is 356. The van der Waals surface area contributed by atoms with Crippen LogP contribution in [-0.4, -0.2) is 48.0 Å². The second kappa shape index (κ2) is 5.49. The Kier molecular flexibility index (Phi) is 4.13. The number of hydroxylamine groups is 2. The van der Waals surface area contributed by atoms with Crippen LogP contribution in [0.4, 0.5) is 0 Å². The SMILES string of the molecule is CC(C)(C)C(=O)ON1CC[C@@H](C(=O)N2CCCC2)C1. The first kappa shape index (κ1) is 14.3. The fourth-order valence-electron chi connectivity index (χ4n) is 2.46. The van der Waals surface area contributed by atoms with Gasteiger partial charge in [0.2, 0.25) is 5.91 Å². The topological polar surface area (TPSA) is 49.9 Å². The van der Waals surface area contributed by atoms with Crippen LogP contribution in [0.2, 0.25) is 0 Å². The summed E-state index contributed by atoms with van der Waals surface area (Å²) in [7, 11) is 0. The molecule has 2 heterocycles. The zero-order chi connectivity index (χ0) is 14.0. The van der Waals surface area contributed by atoms with Gasteiger partial charge in [-0.1, -0.05) is 0 Å². The van der Waals surface area contributed by atoms with Gasteiger partial charge in [-0.05, 0) is 40.0 Å². The Hall–Kier alpha value is -1.10. The molecule has 2 aliphatic heterocycles. The molecule has 0 unspecified atom stereocenters. The number of rotatable bonds is 2. The molecule has 0 spiro atoms. The minimum Gasteiger partial charge on any atom is -0.367 e. The van der Waals surface area contributed by atoms with Gasteiger partial charge >= 0.3 is 5.97 Å². The number of carbonyl (C=O) groups is 2. The first-order valence-electron chi connectivity index (χ1n) is 7.14. The minimum atomic E-state index is -0.503. The molecule has 0 saturated carbocycles. The Morgan fingerprint density at radius 3 is 2.32 bits per heavy atom. The van der Waals surface area contributed by atoms with Crippen LogP contribution in [0, 0.1) is 11.3 Å². The number of amides is 1. The van der Waals surface area contributed by atoms with Gasteiger partial charge < -0.3 is 9.74 Å². The van der Waals surface area contributed by atoms with Crippen molar-refractivity contribution < 1.29 is 14.4 Å². The normalized spacial score (nSPS) is 24.8. The van der Waals surface area contributed by atoms with E-state index in [0.29, 0.717) is 13.1 Å². The van der Waals surface area contributed by atoms with Crippen molar-refractivity contribution in [3.63, 3.8) is 0 Å². The Morgan fingerprint density at radius 2 is 1.74 bits per heavy atom. The molecule has 0 aromatic heterocycles. The highest BCUT2D eigenvalue weighted by Crippen LogP contribution is 2.23. The molecule has 1 atom stereocenters. The lowest BCUT2D eigenvalue weighted by Crippen LogP contribution is -2.36. The number of hydrogen-bond donors (Lipinski definition) is 0. The van der Waals surface area contributed by atoms with Crippen molar-refractivity contribution >= 4 is 11.9 Å². The van der Waals surface area contributed by atoms with E-state index < -0.39 is 5.41 Å². The van der Waals surface area contributed by atoms with Gasteiger partial charge in [0, 0.05) is 26.2 Å². The molecule has 2 fully saturated rings. The van der Waals surface area contributed by atoms with Crippen molar-refractivity contribution in [1.29, 1.82) is 0 Å². The van der Waals surface area contributed by atoms with Crippen LogP contribution < -0.4 is 0 Å². The molecule has 0 aliphatic carbocycles. The molecule has 2 aliphatic rings. The molecule has 0 bridgehead atoms. The maximum Gasteiger partial charge on any atom is 0.330 e. The fraction of sp³-hybridized carbons (Fsp3) is 0.857. The van der Waals surface area contributed by atoms with Gasteiger partial charge in [0.05, 0.1) is 11.3 Å². The van der Waals surface area contributed by atoms with E-state index in [-0.39, 0.29) is 17.8 Å². The highest BCUT2D eigenvalue weighted by atomic mass is 16.7. The van der Waals surface area contributed by atoms with E-state index in [2.05, 4.69) is 0 Å². The number of likely N-dealkylation sites (tertiary alicyclic amines) is 1. The van der Waals surface area contributed by atoms with Crippen LogP contribution in [0.1, 0.15) is 40.0 Å². The summed E-state index contributed by atoms with van der Waals surface area (Å²) < 4.78 is 0. The third-order valence-electron chi connectivity index (χ3n) is 3.74. The van der Waals surface area contributed by atoms with E-state index in [1.54, 1.807) is 5.06 Å². The second-order valence-corrected chi connectivity index (χ2v) is 6.53. The Labute approximate surface area is 114 Å². The molecular formula is C14H24N2O3. The zero-order valence-electron chi connectivity index (χ0n) is 12.1. The highest BCUT2D eigenvalue weighted by Gasteiger charge is 2.35. The van der Waals surface area contributed by atoms with Crippen LogP contribution in [0.15, 0.2) is 0 Å². The molecule has 108 valence electrons. The van der Waals surface area contributed by atoms with Crippen LogP contribution in [0.25, 0.3) is 0 Å². The van der Waals surface area contributed by atoms with Crippen LogP contribution in [0.5, 0.6) is 0 Å². The first-order valence-corrected chi connectivity index (χ1v) is 7.14. The average Bonchev–Trinajstić information content (AvgIpc) is 2.97. The maximum atomic E-state index is 12.2. The third-order valence-corrected chi connectivity index (χ3v) is 3.74. The van der Waals surface area contributed by atoms with Gasteiger partial charge in [-0.15, -0.1) is 5.06 Å². The molecular weight excluding hydrogens is 244 g/mol. The summed E-state index contributed by atoms with van der Waals surface area (Å²) in [6.07, 6.45) is 3.01. The maximum absolute atomic E-state index is 12.2. The van der Waals surface area contributed by atoms with E-state index >= 15 is 0 Å². The molecule has 0 aromatic carbocycles. The Balaban J connectivity index is 1.83. The molecule has 5 heteroatoms. The fourth-order valence-corrected chi connectivity index (χ4v) is 2.46. The molecule has 2 rings (SSSR count). The van der Waals surface area contributed by atoms with Crippen molar-refractivity contribution in [2.75, 3.05) is 26.2 Å². The number of carbonyl (C=O) groups excluding carboxylic acids is 2. The largest absolute Gasteiger partial charge is 0.367 e. The number of nitrogens with zero attached hydrogens (tertiary/aromatic N) is 2. The molecule has 0 N–H and O–H groups in total. The summed E-state index contributed by atoms with van der Waals surface area (Å²) in [4.78, 5) is 31.3. The quantitative estimate of drug-likeness (QED) is 0.760. The molecule has 0 radical (unpaired) electrons. The summed E-state index contributed by atoms with van der Waals surface area (Å²) in [5.74, 6) is -0.0144. The standard InChI is InChI=1S/C14H24N2O3/c1-14(2,3)13(18)19-16-9-6-11(10-16)12(17)15-7-4-5-8-15/h11H,4-10H2,1-3H3/t11-/m1/s1. The molecule has 0 aromatic rings. The van der Waals surface area contributed by atoms with E-state index in [4.69, 9.17) is 4.84 Å². The first-order chi connectivity index (χ1) is 8.88. The monoisotopic (exact) mass is 268 g/mol. The van der Waals surface area contributed by atoms with Crippen molar-refractivity contribution in [3.05, 3.63) is 0 Å². The van der Waals surface area contributed by atoms with Gasteiger partial charge in [-0.3, -0.25) is 4.79 Å². The lowest BCUT2D eigenvalue weighted by atomic mass is 9.98. The van der Waals surface area contributed by atoms with E-state index in [1.165, 1.54) is 0 Å². The van der Waals surface area contributed by atoms with Crippen molar-refractivity contribution in [3.8, 4) is 0 Å². The summed E-state index contributed by atoms with van der Waals surface area (Å²) >= 11 is 0. The molecule has 2 saturated heterocycles. The van der Waals surface area contributed by atoms with Crippen LogP contribution >= 0.6 is 0 Å². The zero-order valence-corrected chi connectivity index (χ0v) is 12.1. The van der Waals surface area contributed by atoms with Gasteiger partial charge in [0.25, 0.3) is 0 Å². The van der Waals surface area contributed by atoms with Gasteiger partial charge in [-0.2, -0.15) is 0 Å². The van der Waals surface area contributed by atoms with Gasteiger partial charge in [0.15, 0.2) is 0 Å². The summed E-state index contributed by atoms with van der Waals surface area (Å²) in [6.45, 7) is 8.46. The minimum absolute atomic E-state index is 0.00846. The van der Waals surface area contributed by atoms with Crippen molar-refractivity contribution in [1.82, 2.24) is 9.96 Å². The summed E-state index contributed by atoms with van der Waals surface area (Å²) in [6, 6.07) is 0. The third kappa shape index (κ3) is 3.47. The van der Waals surface area contributed by atoms with E-state index in [1.807, 2.05) is 25.7 Å². The lowest BCUT2D eigenvalue weighted by molar-refractivity contribution is -0.196. The molecule has 19 heavy (non-hydrogen) atoms. The lowest BCUT2D eigenvalue weighted by Gasteiger charge is -2.23. The van der Waals surface area contributed by atoms with Crippen LogP contribution in [0.3, 0.4) is 0 Å². The summed E-state index contributed by atoms with van der Waals surface area (Å²) in [5.41, 5.74) is -0.503. The predicted octanol–water partition coefficient (Wildman–Crippen LogP) is 1.44. The van der Waals surface area contributed by atoms with E-state index in [0.717, 1.165) is 32.4 Å². The van der Waals surface area contributed by atoms with Crippen molar-refractivity contribution in [2.45, 2.75) is 40.0 Å². The smallest absolute Gasteiger partial charge is 0.330 e. The summed E-state index contributed by atoms with van der Waals surface area (Å²) in [5, 5.41) is 1.65. The average molecular weight is 268 g/mol. The Morgan fingerprint density at radius 1 is 1.11 bits per heavy atom.